The topological polar surface area (TPSA) is 71.9 Å². The SMILES string of the molecule is Cc1cc2cncn2cc1C(=O)Nc1ccc2c(c1)C(c1ccoc1)=NC2. The normalized spacial score (nSPS) is 12.9. The highest BCUT2D eigenvalue weighted by molar-refractivity contribution is 6.16. The largest absolute Gasteiger partial charge is 0.472 e. The van der Waals surface area contributed by atoms with Gasteiger partial charge in [0.1, 0.15) is 0 Å². The number of nitrogens with one attached hydrogen (secondary N) is 1. The van der Waals surface area contributed by atoms with E-state index in [1.54, 1.807) is 31.2 Å². The molecule has 0 unspecified atom stereocenters. The molecule has 6 heteroatoms. The molecule has 0 fully saturated rings. The number of rotatable bonds is 3. The molecule has 6 nitrogen and oxygen atoms in total. The number of aromatic nitrogens is 2. The minimum absolute atomic E-state index is 0.150. The molecule has 1 aliphatic heterocycles. The lowest BCUT2D eigenvalue weighted by molar-refractivity contribution is 0.102. The highest BCUT2D eigenvalue weighted by Crippen LogP contribution is 2.26. The van der Waals surface area contributed by atoms with Crippen LogP contribution in [0.3, 0.4) is 0 Å². The number of imidazole rings is 1. The number of carbonyl (C=O) groups is 1. The van der Waals surface area contributed by atoms with Gasteiger partial charge in [-0.3, -0.25) is 9.79 Å². The first kappa shape index (κ1) is 15.6. The van der Waals surface area contributed by atoms with Gasteiger partial charge in [0.2, 0.25) is 0 Å². The second kappa shape index (κ2) is 5.95. The van der Waals surface area contributed by atoms with Crippen molar-refractivity contribution in [1.29, 1.82) is 0 Å². The van der Waals surface area contributed by atoms with Gasteiger partial charge in [-0.1, -0.05) is 6.07 Å². The summed E-state index contributed by atoms with van der Waals surface area (Å²) in [6.45, 7) is 2.56. The van der Waals surface area contributed by atoms with Crippen molar-refractivity contribution in [1.82, 2.24) is 9.38 Å². The Morgan fingerprint density at radius 1 is 1.26 bits per heavy atom. The average Bonchev–Trinajstić information content (AvgIpc) is 3.40. The highest BCUT2D eigenvalue weighted by atomic mass is 16.3. The molecule has 132 valence electrons. The number of amides is 1. The van der Waals surface area contributed by atoms with Crippen LogP contribution in [0.1, 0.15) is 32.6 Å². The molecule has 3 aromatic heterocycles. The third-order valence-electron chi connectivity index (χ3n) is 4.82. The number of aryl methyl sites for hydroxylation is 1. The predicted molar refractivity (Wildman–Crippen MR) is 102 cm³/mol. The van der Waals surface area contributed by atoms with Gasteiger partial charge in [-0.15, -0.1) is 0 Å². The Morgan fingerprint density at radius 3 is 3.04 bits per heavy atom. The number of pyridine rings is 1. The lowest BCUT2D eigenvalue weighted by atomic mass is 10.0. The van der Waals surface area contributed by atoms with Crippen LogP contribution < -0.4 is 5.32 Å². The van der Waals surface area contributed by atoms with Crippen LogP contribution in [0.4, 0.5) is 5.69 Å². The number of nitrogens with zero attached hydrogens (tertiary/aromatic N) is 3. The molecule has 5 rings (SSSR count). The lowest BCUT2D eigenvalue weighted by Crippen LogP contribution is -2.14. The Kier molecular flexibility index (Phi) is 3.43. The Labute approximate surface area is 155 Å². The van der Waals surface area contributed by atoms with Gasteiger partial charge in [-0.2, -0.15) is 0 Å². The molecular formula is C21H16N4O2. The van der Waals surface area contributed by atoms with Crippen LogP contribution in [-0.4, -0.2) is 21.0 Å². The third kappa shape index (κ3) is 2.62. The maximum Gasteiger partial charge on any atom is 0.257 e. The summed E-state index contributed by atoms with van der Waals surface area (Å²) in [6, 6.07) is 9.73. The van der Waals surface area contributed by atoms with E-state index in [-0.39, 0.29) is 5.91 Å². The van der Waals surface area contributed by atoms with Crippen LogP contribution in [0, 0.1) is 6.92 Å². The fourth-order valence-electron chi connectivity index (χ4n) is 3.42. The van der Waals surface area contributed by atoms with E-state index >= 15 is 0 Å². The molecule has 0 bridgehead atoms. The Hall–Kier alpha value is -3.67. The van der Waals surface area contributed by atoms with Crippen LogP contribution in [-0.2, 0) is 6.54 Å². The summed E-state index contributed by atoms with van der Waals surface area (Å²) >= 11 is 0. The average molecular weight is 356 g/mol. The molecule has 4 heterocycles. The molecule has 4 aromatic rings. The van der Waals surface area contributed by atoms with E-state index in [0.29, 0.717) is 12.1 Å². The van der Waals surface area contributed by atoms with Gasteiger partial charge in [-0.05, 0) is 42.3 Å². The number of aliphatic imine (C=N–C) groups is 1. The van der Waals surface area contributed by atoms with Crippen molar-refractivity contribution in [3.63, 3.8) is 0 Å². The zero-order valence-electron chi connectivity index (χ0n) is 14.6. The monoisotopic (exact) mass is 356 g/mol. The number of carbonyl (C=O) groups excluding carboxylic acids is 1. The molecule has 27 heavy (non-hydrogen) atoms. The first-order chi connectivity index (χ1) is 13.2. The van der Waals surface area contributed by atoms with Gasteiger partial charge in [0.05, 0.1) is 48.4 Å². The molecule has 0 aliphatic carbocycles. The smallest absolute Gasteiger partial charge is 0.257 e. The molecular weight excluding hydrogens is 340 g/mol. The lowest BCUT2D eigenvalue weighted by Gasteiger charge is -2.10. The van der Waals surface area contributed by atoms with E-state index < -0.39 is 0 Å². The van der Waals surface area contributed by atoms with E-state index in [0.717, 1.165) is 39.2 Å². The van der Waals surface area contributed by atoms with Crippen LogP contribution in [0.15, 0.2) is 71.0 Å². The molecule has 1 amide bonds. The molecule has 1 aliphatic rings. The number of hydrogen-bond acceptors (Lipinski definition) is 4. The van der Waals surface area contributed by atoms with Gasteiger partial charge in [0.25, 0.3) is 5.91 Å². The minimum Gasteiger partial charge on any atom is -0.472 e. The van der Waals surface area contributed by atoms with Gasteiger partial charge < -0.3 is 14.1 Å². The van der Waals surface area contributed by atoms with E-state index in [4.69, 9.17) is 4.42 Å². The number of hydrogen-bond donors (Lipinski definition) is 1. The Bertz CT molecular complexity index is 1200. The van der Waals surface area contributed by atoms with Crippen LogP contribution in [0.25, 0.3) is 5.52 Å². The summed E-state index contributed by atoms with van der Waals surface area (Å²) < 4.78 is 7.02. The van der Waals surface area contributed by atoms with E-state index in [9.17, 15) is 4.79 Å². The molecule has 0 saturated heterocycles. The van der Waals surface area contributed by atoms with Crippen molar-refractivity contribution in [2.45, 2.75) is 13.5 Å². The van der Waals surface area contributed by atoms with Crippen LogP contribution in [0.5, 0.6) is 0 Å². The van der Waals surface area contributed by atoms with E-state index in [1.165, 1.54) is 0 Å². The molecule has 1 aromatic carbocycles. The fourth-order valence-corrected chi connectivity index (χ4v) is 3.42. The van der Waals surface area contributed by atoms with Crippen molar-refractivity contribution >= 4 is 22.8 Å². The van der Waals surface area contributed by atoms with E-state index in [2.05, 4.69) is 15.3 Å². The predicted octanol–water partition coefficient (Wildman–Crippen LogP) is 3.84. The molecule has 0 atom stereocenters. The van der Waals surface area contributed by atoms with Gasteiger partial charge in [-0.25, -0.2) is 4.98 Å². The first-order valence-electron chi connectivity index (χ1n) is 8.63. The Balaban J connectivity index is 1.46. The van der Waals surface area contributed by atoms with Crippen molar-refractivity contribution in [3.05, 3.63) is 89.4 Å². The van der Waals surface area contributed by atoms with Crippen molar-refractivity contribution in [2.75, 3.05) is 5.32 Å². The van der Waals surface area contributed by atoms with Crippen molar-refractivity contribution in [3.8, 4) is 0 Å². The summed E-state index contributed by atoms with van der Waals surface area (Å²) in [7, 11) is 0. The van der Waals surface area contributed by atoms with Crippen LogP contribution >= 0.6 is 0 Å². The Morgan fingerprint density at radius 2 is 2.19 bits per heavy atom. The first-order valence-corrected chi connectivity index (χ1v) is 8.63. The molecule has 1 N–H and O–H groups in total. The number of furan rings is 1. The molecule has 0 saturated carbocycles. The molecule has 0 radical (unpaired) electrons. The quantitative estimate of drug-likeness (QED) is 0.606. The van der Waals surface area contributed by atoms with Crippen molar-refractivity contribution in [2.24, 2.45) is 4.99 Å². The maximum absolute atomic E-state index is 12.8. The number of anilines is 1. The zero-order valence-corrected chi connectivity index (χ0v) is 14.6. The second-order valence-electron chi connectivity index (χ2n) is 6.60. The third-order valence-corrected chi connectivity index (χ3v) is 4.82. The number of fused-ring (bicyclic) bond motifs is 2. The molecule has 0 spiro atoms. The van der Waals surface area contributed by atoms with Gasteiger partial charge in [0.15, 0.2) is 0 Å². The van der Waals surface area contributed by atoms with Gasteiger partial charge >= 0.3 is 0 Å². The zero-order chi connectivity index (χ0) is 18.4. The fraction of sp³-hybridized carbons (Fsp3) is 0.0952. The minimum atomic E-state index is -0.150. The summed E-state index contributed by atoms with van der Waals surface area (Å²) in [5, 5.41) is 3.00. The second-order valence-corrected chi connectivity index (χ2v) is 6.60. The van der Waals surface area contributed by atoms with Gasteiger partial charge in [0, 0.05) is 23.0 Å². The highest BCUT2D eigenvalue weighted by Gasteiger charge is 2.19. The summed E-state index contributed by atoms with van der Waals surface area (Å²) in [6.07, 6.45) is 8.58. The van der Waals surface area contributed by atoms with Crippen molar-refractivity contribution < 1.29 is 9.21 Å². The number of benzene rings is 1. The van der Waals surface area contributed by atoms with Crippen LogP contribution in [0.2, 0.25) is 0 Å². The van der Waals surface area contributed by atoms with E-state index in [1.807, 2.05) is 41.7 Å². The standard InChI is InChI=1S/C21H16N4O2/c1-13-6-17-9-22-12-25(17)10-19(13)21(26)24-16-3-2-14-8-23-20(18(14)7-16)15-4-5-27-11-15/h2-7,9-12H,8H2,1H3,(H,24,26). The maximum atomic E-state index is 12.8. The summed E-state index contributed by atoms with van der Waals surface area (Å²) in [5.41, 5.74) is 7.22. The summed E-state index contributed by atoms with van der Waals surface area (Å²) in [5.74, 6) is -0.150. The summed E-state index contributed by atoms with van der Waals surface area (Å²) in [4.78, 5) is 21.5.